The molecular formula is C16H21NO. The van der Waals surface area contributed by atoms with E-state index in [1.54, 1.807) is 0 Å². The van der Waals surface area contributed by atoms with E-state index in [0.29, 0.717) is 6.10 Å². The molecule has 0 N–H and O–H groups in total. The maximum Gasteiger partial charge on any atom is 0.146 e. The fourth-order valence-electron chi connectivity index (χ4n) is 1.88. The average molecular weight is 243 g/mol. The van der Waals surface area contributed by atoms with Crippen LogP contribution in [0.15, 0.2) is 30.5 Å². The predicted molar refractivity (Wildman–Crippen MR) is 76.1 cm³/mol. The van der Waals surface area contributed by atoms with Gasteiger partial charge in [-0.25, -0.2) is 0 Å². The average Bonchev–Trinajstić information content (AvgIpc) is 3.25. The second-order valence-corrected chi connectivity index (χ2v) is 4.34. The molecule has 1 fully saturated rings. The lowest BCUT2D eigenvalue weighted by atomic mass is 10.1. The minimum Gasteiger partial charge on any atom is -0.488 e. The van der Waals surface area contributed by atoms with Crippen LogP contribution >= 0.6 is 0 Å². The van der Waals surface area contributed by atoms with Crippen LogP contribution in [0.5, 0.6) is 5.75 Å². The van der Waals surface area contributed by atoms with Gasteiger partial charge in [-0.1, -0.05) is 26.8 Å². The maximum atomic E-state index is 5.92. The molecule has 2 aromatic rings. The van der Waals surface area contributed by atoms with Gasteiger partial charge in [0, 0.05) is 11.6 Å². The lowest BCUT2D eigenvalue weighted by molar-refractivity contribution is 0.306. The van der Waals surface area contributed by atoms with Gasteiger partial charge in [0.15, 0.2) is 0 Å². The van der Waals surface area contributed by atoms with E-state index in [1.165, 1.54) is 23.8 Å². The number of pyridine rings is 1. The molecule has 1 aromatic heterocycles. The molecule has 0 unspecified atom stereocenters. The topological polar surface area (TPSA) is 22.1 Å². The molecule has 1 aromatic carbocycles. The van der Waals surface area contributed by atoms with Gasteiger partial charge >= 0.3 is 0 Å². The third kappa shape index (κ3) is 2.81. The first-order valence-electron chi connectivity index (χ1n) is 6.91. The van der Waals surface area contributed by atoms with Gasteiger partial charge in [-0.3, -0.25) is 4.98 Å². The van der Waals surface area contributed by atoms with Gasteiger partial charge in [-0.05, 0) is 43.0 Å². The Hall–Kier alpha value is -1.57. The van der Waals surface area contributed by atoms with E-state index in [0.717, 1.165) is 17.7 Å². The van der Waals surface area contributed by atoms with Crippen molar-refractivity contribution in [2.75, 3.05) is 0 Å². The maximum absolute atomic E-state index is 5.92. The van der Waals surface area contributed by atoms with Crippen LogP contribution in [0.2, 0.25) is 0 Å². The van der Waals surface area contributed by atoms with E-state index in [-0.39, 0.29) is 0 Å². The Labute approximate surface area is 109 Å². The van der Waals surface area contributed by atoms with Gasteiger partial charge in [-0.15, -0.1) is 0 Å². The molecule has 18 heavy (non-hydrogen) atoms. The number of hydrogen-bond acceptors (Lipinski definition) is 2. The van der Waals surface area contributed by atoms with E-state index in [4.69, 9.17) is 4.74 Å². The first-order chi connectivity index (χ1) is 8.86. The van der Waals surface area contributed by atoms with Crippen molar-refractivity contribution in [1.82, 2.24) is 4.98 Å². The first kappa shape index (κ1) is 12.9. The summed E-state index contributed by atoms with van der Waals surface area (Å²) < 4.78 is 5.92. The Kier molecular flexibility index (Phi) is 4.19. The first-order valence-corrected chi connectivity index (χ1v) is 6.91. The van der Waals surface area contributed by atoms with Crippen molar-refractivity contribution in [3.05, 3.63) is 36.0 Å². The van der Waals surface area contributed by atoms with Crippen molar-refractivity contribution < 1.29 is 4.74 Å². The number of nitrogens with zero attached hydrogens (tertiary/aromatic N) is 1. The van der Waals surface area contributed by atoms with Crippen molar-refractivity contribution in [2.45, 2.75) is 46.1 Å². The smallest absolute Gasteiger partial charge is 0.146 e. The summed E-state index contributed by atoms with van der Waals surface area (Å²) in [5, 5.41) is 1.18. The molecule has 0 amide bonds. The van der Waals surface area contributed by atoms with E-state index < -0.39 is 0 Å². The fourth-order valence-corrected chi connectivity index (χ4v) is 1.88. The molecule has 0 atom stereocenters. The highest BCUT2D eigenvalue weighted by Gasteiger charge is 2.24. The Morgan fingerprint density at radius 1 is 1.28 bits per heavy atom. The highest BCUT2D eigenvalue weighted by molar-refractivity contribution is 5.85. The Morgan fingerprint density at radius 3 is 2.72 bits per heavy atom. The molecule has 1 aliphatic rings. The van der Waals surface area contributed by atoms with Crippen LogP contribution in [0.25, 0.3) is 10.9 Å². The molecule has 0 bridgehead atoms. The predicted octanol–water partition coefficient (Wildman–Crippen LogP) is 4.36. The highest BCUT2D eigenvalue weighted by Crippen LogP contribution is 2.32. The summed E-state index contributed by atoms with van der Waals surface area (Å²) in [6.07, 6.45) is 5.66. The zero-order chi connectivity index (χ0) is 13.0. The molecular weight excluding hydrogens is 222 g/mol. The number of ether oxygens (including phenoxy) is 1. The largest absolute Gasteiger partial charge is 0.488 e. The standard InChI is InChI=1S/C14H15NO.C2H6/c1-2-10-8-11-4-3-7-15-14(11)13(9-10)16-12-5-6-12;1-2/h3-4,7-9,12H,2,5-6H2,1H3;1-2H3. The van der Waals surface area contributed by atoms with Crippen LogP contribution in [0.1, 0.15) is 39.2 Å². The Morgan fingerprint density at radius 2 is 2.06 bits per heavy atom. The molecule has 0 aliphatic heterocycles. The number of aromatic nitrogens is 1. The highest BCUT2D eigenvalue weighted by atomic mass is 16.5. The second kappa shape index (κ2) is 5.85. The molecule has 2 nitrogen and oxygen atoms in total. The van der Waals surface area contributed by atoms with Crippen LogP contribution in [-0.4, -0.2) is 11.1 Å². The zero-order valence-corrected chi connectivity index (χ0v) is 11.4. The normalized spacial score (nSPS) is 13.9. The van der Waals surface area contributed by atoms with Crippen LogP contribution in [-0.2, 0) is 6.42 Å². The molecule has 0 radical (unpaired) electrons. The molecule has 3 rings (SSSR count). The van der Waals surface area contributed by atoms with Crippen LogP contribution in [0.4, 0.5) is 0 Å². The van der Waals surface area contributed by atoms with Gasteiger partial charge in [-0.2, -0.15) is 0 Å². The van der Waals surface area contributed by atoms with Gasteiger partial charge in [0.05, 0.1) is 6.10 Å². The van der Waals surface area contributed by atoms with Crippen molar-refractivity contribution >= 4 is 10.9 Å². The second-order valence-electron chi connectivity index (χ2n) is 4.34. The summed E-state index contributed by atoms with van der Waals surface area (Å²) in [5.41, 5.74) is 2.31. The fraction of sp³-hybridized carbons (Fsp3) is 0.438. The summed E-state index contributed by atoms with van der Waals surface area (Å²) in [4.78, 5) is 4.41. The van der Waals surface area contributed by atoms with E-state index >= 15 is 0 Å². The summed E-state index contributed by atoms with van der Waals surface area (Å²) in [7, 11) is 0. The van der Waals surface area contributed by atoms with Crippen molar-refractivity contribution in [3.63, 3.8) is 0 Å². The molecule has 1 aliphatic carbocycles. The molecule has 96 valence electrons. The number of aryl methyl sites for hydroxylation is 1. The van der Waals surface area contributed by atoms with E-state index in [9.17, 15) is 0 Å². The summed E-state index contributed by atoms with van der Waals surface area (Å²) in [6.45, 7) is 6.17. The summed E-state index contributed by atoms with van der Waals surface area (Å²) in [6, 6.07) is 8.40. The minimum absolute atomic E-state index is 0.428. The van der Waals surface area contributed by atoms with Gasteiger partial charge in [0.1, 0.15) is 11.3 Å². The van der Waals surface area contributed by atoms with Gasteiger partial charge in [0.25, 0.3) is 0 Å². The number of hydrogen-bond donors (Lipinski definition) is 0. The molecule has 1 heterocycles. The summed E-state index contributed by atoms with van der Waals surface area (Å²) in [5.74, 6) is 0.956. The minimum atomic E-state index is 0.428. The van der Waals surface area contributed by atoms with Crippen molar-refractivity contribution in [3.8, 4) is 5.75 Å². The summed E-state index contributed by atoms with van der Waals surface area (Å²) >= 11 is 0. The van der Waals surface area contributed by atoms with E-state index in [1.807, 2.05) is 26.1 Å². The van der Waals surface area contributed by atoms with Crippen LogP contribution in [0.3, 0.4) is 0 Å². The van der Waals surface area contributed by atoms with Crippen molar-refractivity contribution in [2.24, 2.45) is 0 Å². The molecule has 0 spiro atoms. The van der Waals surface area contributed by atoms with Gasteiger partial charge in [0.2, 0.25) is 0 Å². The lowest BCUT2D eigenvalue weighted by Gasteiger charge is -2.09. The number of fused-ring (bicyclic) bond motifs is 1. The number of rotatable bonds is 3. The quantitative estimate of drug-likeness (QED) is 0.798. The zero-order valence-electron chi connectivity index (χ0n) is 11.4. The number of benzene rings is 1. The van der Waals surface area contributed by atoms with Crippen LogP contribution in [0, 0.1) is 0 Å². The molecule has 1 saturated carbocycles. The Balaban J connectivity index is 0.000000574. The Bertz CT molecular complexity index is 517. The SMILES string of the molecule is CC.CCc1cc(OC2CC2)c2ncccc2c1. The van der Waals surface area contributed by atoms with Crippen molar-refractivity contribution in [1.29, 1.82) is 0 Å². The molecule has 2 heteroatoms. The third-order valence-electron chi connectivity index (χ3n) is 2.96. The van der Waals surface area contributed by atoms with Gasteiger partial charge < -0.3 is 4.74 Å². The van der Waals surface area contributed by atoms with E-state index in [2.05, 4.69) is 30.1 Å². The van der Waals surface area contributed by atoms with Crippen LogP contribution < -0.4 is 4.74 Å². The monoisotopic (exact) mass is 243 g/mol. The lowest BCUT2D eigenvalue weighted by Crippen LogP contribution is -1.98. The third-order valence-corrected chi connectivity index (χ3v) is 2.96. The molecule has 0 saturated heterocycles.